The molecular formula is C20H19N3O2. The van der Waals surface area contributed by atoms with Gasteiger partial charge in [-0.1, -0.05) is 24.3 Å². The molecule has 1 fully saturated rings. The number of anilines is 1. The van der Waals surface area contributed by atoms with E-state index in [-0.39, 0.29) is 11.7 Å². The van der Waals surface area contributed by atoms with Crippen LogP contribution in [-0.2, 0) is 4.79 Å². The fourth-order valence-corrected chi connectivity index (χ4v) is 2.89. The van der Waals surface area contributed by atoms with Gasteiger partial charge in [-0.25, -0.2) is 0 Å². The van der Waals surface area contributed by atoms with Gasteiger partial charge in [0.05, 0.1) is 11.6 Å². The first-order valence-corrected chi connectivity index (χ1v) is 8.17. The maximum atomic E-state index is 12.4. The molecule has 0 spiro atoms. The molecule has 0 bridgehead atoms. The lowest BCUT2D eigenvalue weighted by atomic mass is 10.1. The van der Waals surface area contributed by atoms with E-state index in [4.69, 9.17) is 5.26 Å². The molecule has 25 heavy (non-hydrogen) atoms. The summed E-state index contributed by atoms with van der Waals surface area (Å²) in [6.45, 7) is 2.69. The number of aromatic hydroxyl groups is 1. The molecule has 2 aromatic rings. The lowest BCUT2D eigenvalue weighted by molar-refractivity contribution is -0.126. The normalized spacial score (nSPS) is 14.5. The first-order valence-electron chi connectivity index (χ1n) is 8.17. The Hall–Kier alpha value is -3.26. The summed E-state index contributed by atoms with van der Waals surface area (Å²) in [5.41, 5.74) is 2.27. The average molecular weight is 333 g/mol. The molecule has 0 aromatic heterocycles. The number of phenolic OH excluding ortho intramolecular Hbond substituents is 1. The summed E-state index contributed by atoms with van der Waals surface area (Å²) in [6, 6.07) is 16.5. The van der Waals surface area contributed by atoms with Crippen LogP contribution in [0.2, 0.25) is 0 Å². The molecule has 5 nitrogen and oxygen atoms in total. The lowest BCUT2D eigenvalue weighted by Crippen LogP contribution is -2.48. The molecule has 0 unspecified atom stereocenters. The van der Waals surface area contributed by atoms with Crippen molar-refractivity contribution >= 4 is 17.7 Å². The Balaban J connectivity index is 1.60. The zero-order valence-electron chi connectivity index (χ0n) is 13.8. The van der Waals surface area contributed by atoms with Crippen LogP contribution in [0.4, 0.5) is 5.69 Å². The van der Waals surface area contributed by atoms with Gasteiger partial charge in [-0.15, -0.1) is 0 Å². The second kappa shape index (κ2) is 7.54. The highest BCUT2D eigenvalue weighted by molar-refractivity contribution is 5.92. The predicted octanol–water partition coefficient (Wildman–Crippen LogP) is 2.63. The molecule has 1 aliphatic heterocycles. The van der Waals surface area contributed by atoms with Gasteiger partial charge in [0.2, 0.25) is 5.91 Å². The van der Waals surface area contributed by atoms with Crippen LogP contribution in [0, 0.1) is 11.3 Å². The third kappa shape index (κ3) is 3.99. The Bertz CT molecular complexity index is 831. The number of amides is 1. The van der Waals surface area contributed by atoms with Gasteiger partial charge in [0.15, 0.2) is 0 Å². The smallest absolute Gasteiger partial charge is 0.246 e. The monoisotopic (exact) mass is 333 g/mol. The molecule has 3 rings (SSSR count). The minimum Gasteiger partial charge on any atom is -0.508 e. The van der Waals surface area contributed by atoms with Crippen LogP contribution in [0.5, 0.6) is 5.75 Å². The van der Waals surface area contributed by atoms with Crippen LogP contribution in [0.3, 0.4) is 0 Å². The minimum atomic E-state index is -0.0525. The minimum absolute atomic E-state index is 0.0525. The van der Waals surface area contributed by atoms with Gasteiger partial charge < -0.3 is 14.9 Å². The van der Waals surface area contributed by atoms with Gasteiger partial charge in [0.1, 0.15) is 5.75 Å². The van der Waals surface area contributed by atoms with E-state index in [1.54, 1.807) is 35.2 Å². The van der Waals surface area contributed by atoms with Gasteiger partial charge in [-0.2, -0.15) is 5.26 Å². The van der Waals surface area contributed by atoms with E-state index in [0.717, 1.165) is 24.3 Å². The van der Waals surface area contributed by atoms with Crippen LogP contribution in [0.1, 0.15) is 11.1 Å². The molecule has 5 heteroatoms. The topological polar surface area (TPSA) is 67.6 Å². The molecule has 2 aromatic carbocycles. The van der Waals surface area contributed by atoms with E-state index in [1.165, 1.54) is 6.08 Å². The molecule has 126 valence electrons. The van der Waals surface area contributed by atoms with Crippen molar-refractivity contribution in [1.29, 1.82) is 5.26 Å². The van der Waals surface area contributed by atoms with Crippen molar-refractivity contribution in [3.8, 4) is 11.8 Å². The van der Waals surface area contributed by atoms with Gasteiger partial charge in [-0.3, -0.25) is 4.79 Å². The lowest BCUT2D eigenvalue weighted by Gasteiger charge is -2.35. The molecule has 1 aliphatic rings. The number of nitrogens with zero attached hydrogens (tertiary/aromatic N) is 3. The van der Waals surface area contributed by atoms with Crippen molar-refractivity contribution < 1.29 is 9.90 Å². The highest BCUT2D eigenvalue weighted by Gasteiger charge is 2.20. The second-order valence-corrected chi connectivity index (χ2v) is 5.86. The first-order chi connectivity index (χ1) is 12.2. The number of hydrogen-bond donors (Lipinski definition) is 1. The number of piperazine rings is 1. The molecule has 1 saturated heterocycles. The summed E-state index contributed by atoms with van der Waals surface area (Å²) in [5.74, 6) is 0.193. The quantitative estimate of drug-likeness (QED) is 0.877. The molecule has 0 radical (unpaired) electrons. The molecule has 0 atom stereocenters. The first kappa shape index (κ1) is 16.6. The Morgan fingerprint density at radius 1 is 1.08 bits per heavy atom. The highest BCUT2D eigenvalue weighted by atomic mass is 16.3. The van der Waals surface area contributed by atoms with Crippen LogP contribution in [0.25, 0.3) is 6.08 Å². The van der Waals surface area contributed by atoms with E-state index in [2.05, 4.69) is 11.0 Å². The third-order valence-electron chi connectivity index (χ3n) is 4.27. The summed E-state index contributed by atoms with van der Waals surface area (Å²) in [6.07, 6.45) is 3.22. The maximum Gasteiger partial charge on any atom is 0.246 e. The molecule has 1 heterocycles. The van der Waals surface area contributed by atoms with Gasteiger partial charge >= 0.3 is 0 Å². The van der Waals surface area contributed by atoms with Crippen LogP contribution in [-0.4, -0.2) is 42.1 Å². The standard InChI is InChI=1S/C20H19N3O2/c21-15-17-5-2-1-4-16(17)8-9-20(25)23-12-10-22(11-13-23)18-6-3-7-19(24)14-18/h1-9,14,24H,10-13H2. The number of nitriles is 1. The van der Waals surface area contributed by atoms with E-state index in [0.29, 0.717) is 18.7 Å². The molecular weight excluding hydrogens is 314 g/mol. The second-order valence-electron chi connectivity index (χ2n) is 5.86. The van der Waals surface area contributed by atoms with Gasteiger partial charge in [0, 0.05) is 44.0 Å². The van der Waals surface area contributed by atoms with E-state index in [9.17, 15) is 9.90 Å². The van der Waals surface area contributed by atoms with Gasteiger partial charge in [0.25, 0.3) is 0 Å². The van der Waals surface area contributed by atoms with Gasteiger partial charge in [-0.05, 0) is 29.8 Å². The van der Waals surface area contributed by atoms with E-state index >= 15 is 0 Å². The molecule has 1 N–H and O–H groups in total. The average Bonchev–Trinajstić information content (AvgIpc) is 2.66. The largest absolute Gasteiger partial charge is 0.508 e. The summed E-state index contributed by atoms with van der Waals surface area (Å²) < 4.78 is 0. The van der Waals surface area contributed by atoms with E-state index in [1.807, 2.05) is 24.3 Å². The fourth-order valence-electron chi connectivity index (χ4n) is 2.89. The van der Waals surface area contributed by atoms with E-state index < -0.39 is 0 Å². The number of phenols is 1. The van der Waals surface area contributed by atoms with Crippen molar-refractivity contribution in [2.75, 3.05) is 31.1 Å². The van der Waals surface area contributed by atoms with Crippen LogP contribution < -0.4 is 4.90 Å². The van der Waals surface area contributed by atoms with Crippen molar-refractivity contribution in [2.24, 2.45) is 0 Å². The maximum absolute atomic E-state index is 12.4. The highest BCUT2D eigenvalue weighted by Crippen LogP contribution is 2.21. The number of carbonyl (C=O) groups is 1. The predicted molar refractivity (Wildman–Crippen MR) is 97.1 cm³/mol. The van der Waals surface area contributed by atoms with Crippen molar-refractivity contribution in [2.45, 2.75) is 0 Å². The van der Waals surface area contributed by atoms with Crippen LogP contribution >= 0.6 is 0 Å². The summed E-state index contributed by atoms with van der Waals surface area (Å²) >= 11 is 0. The molecule has 1 amide bonds. The Kier molecular flexibility index (Phi) is 5.00. The van der Waals surface area contributed by atoms with Crippen LogP contribution in [0.15, 0.2) is 54.6 Å². The number of carbonyl (C=O) groups excluding carboxylic acids is 1. The zero-order chi connectivity index (χ0) is 17.6. The fraction of sp³-hybridized carbons (Fsp3) is 0.200. The Labute approximate surface area is 147 Å². The van der Waals surface area contributed by atoms with Crippen molar-refractivity contribution in [3.63, 3.8) is 0 Å². The number of hydrogen-bond acceptors (Lipinski definition) is 4. The number of rotatable bonds is 3. The molecule has 0 saturated carbocycles. The Morgan fingerprint density at radius 3 is 2.56 bits per heavy atom. The Morgan fingerprint density at radius 2 is 1.84 bits per heavy atom. The number of benzene rings is 2. The zero-order valence-corrected chi connectivity index (χ0v) is 13.8. The molecule has 0 aliphatic carbocycles. The summed E-state index contributed by atoms with van der Waals surface area (Å²) in [7, 11) is 0. The van der Waals surface area contributed by atoms with Crippen molar-refractivity contribution in [3.05, 3.63) is 65.7 Å². The third-order valence-corrected chi connectivity index (χ3v) is 4.27. The SMILES string of the molecule is N#Cc1ccccc1C=CC(=O)N1CCN(c2cccc(O)c2)CC1. The van der Waals surface area contributed by atoms with Crippen molar-refractivity contribution in [1.82, 2.24) is 4.90 Å². The summed E-state index contributed by atoms with van der Waals surface area (Å²) in [5, 5.41) is 18.7. The summed E-state index contributed by atoms with van der Waals surface area (Å²) in [4.78, 5) is 16.3.